The number of methoxy groups -OCH3 is 1. The second-order valence-corrected chi connectivity index (χ2v) is 4.17. The van der Waals surface area contributed by atoms with E-state index >= 15 is 0 Å². The zero-order valence-corrected chi connectivity index (χ0v) is 11.1. The Hall–Kier alpha value is -2.68. The smallest absolute Gasteiger partial charge is 0.232 e. The highest BCUT2D eigenvalue weighted by Crippen LogP contribution is 2.12. The third-order valence-corrected chi connectivity index (χ3v) is 2.80. The minimum Gasteiger partial charge on any atom is -0.497 e. The number of ether oxygens (including phenoxy) is 1. The Labute approximate surface area is 117 Å². The van der Waals surface area contributed by atoms with E-state index in [0.717, 1.165) is 5.56 Å². The van der Waals surface area contributed by atoms with Gasteiger partial charge in [0.1, 0.15) is 5.75 Å². The third kappa shape index (κ3) is 3.42. The summed E-state index contributed by atoms with van der Waals surface area (Å²) in [6, 6.07) is 15.8. The average Bonchev–Trinajstić information content (AvgIpc) is 2.53. The van der Waals surface area contributed by atoms with Crippen LogP contribution < -0.4 is 4.74 Å². The second-order valence-electron chi connectivity index (χ2n) is 4.17. The van der Waals surface area contributed by atoms with Gasteiger partial charge in [-0.2, -0.15) is 0 Å². The van der Waals surface area contributed by atoms with Crippen molar-refractivity contribution in [3.8, 4) is 5.75 Å². The van der Waals surface area contributed by atoms with E-state index in [1.54, 1.807) is 37.5 Å². The molecule has 0 N–H and O–H groups in total. The van der Waals surface area contributed by atoms with Crippen LogP contribution in [0.25, 0.3) is 6.08 Å². The summed E-state index contributed by atoms with van der Waals surface area (Å²) in [7, 11) is 1.55. The molecule has 0 amide bonds. The van der Waals surface area contributed by atoms with E-state index < -0.39 is 11.6 Å². The van der Waals surface area contributed by atoms with Crippen LogP contribution in [0.2, 0.25) is 0 Å². The van der Waals surface area contributed by atoms with Gasteiger partial charge in [0.05, 0.1) is 7.11 Å². The third-order valence-electron chi connectivity index (χ3n) is 2.80. The lowest BCUT2D eigenvalue weighted by molar-refractivity contribution is -0.110. The number of ketones is 2. The van der Waals surface area contributed by atoms with Crippen molar-refractivity contribution in [1.29, 1.82) is 0 Å². The number of hydrogen-bond donors (Lipinski definition) is 0. The Morgan fingerprint density at radius 2 is 1.60 bits per heavy atom. The van der Waals surface area contributed by atoms with Crippen LogP contribution in [-0.2, 0) is 4.79 Å². The van der Waals surface area contributed by atoms with Crippen molar-refractivity contribution >= 4 is 17.6 Å². The maximum atomic E-state index is 11.9. The lowest BCUT2D eigenvalue weighted by Crippen LogP contribution is -2.10. The van der Waals surface area contributed by atoms with Crippen LogP contribution >= 0.6 is 0 Å². The minimum atomic E-state index is -0.543. The zero-order valence-electron chi connectivity index (χ0n) is 11.1. The SMILES string of the molecule is COc1ccc(C(=O)C(=O)/C=C\c2ccccc2)cc1. The maximum absolute atomic E-state index is 11.9. The van der Waals surface area contributed by atoms with Crippen molar-refractivity contribution in [2.75, 3.05) is 7.11 Å². The molecule has 2 aromatic rings. The first-order valence-corrected chi connectivity index (χ1v) is 6.16. The Kier molecular flexibility index (Phi) is 4.45. The average molecular weight is 266 g/mol. The van der Waals surface area contributed by atoms with Crippen molar-refractivity contribution in [3.05, 3.63) is 71.8 Å². The lowest BCUT2D eigenvalue weighted by atomic mass is 10.1. The van der Waals surface area contributed by atoms with E-state index in [2.05, 4.69) is 0 Å². The first-order chi connectivity index (χ1) is 9.70. The van der Waals surface area contributed by atoms with Gasteiger partial charge >= 0.3 is 0 Å². The molecule has 3 heteroatoms. The van der Waals surface area contributed by atoms with Crippen molar-refractivity contribution in [1.82, 2.24) is 0 Å². The molecule has 0 fully saturated rings. The zero-order chi connectivity index (χ0) is 14.4. The van der Waals surface area contributed by atoms with Crippen molar-refractivity contribution in [3.63, 3.8) is 0 Å². The van der Waals surface area contributed by atoms with Gasteiger partial charge in [0.25, 0.3) is 0 Å². The van der Waals surface area contributed by atoms with Crippen LogP contribution in [0.1, 0.15) is 15.9 Å². The highest BCUT2D eigenvalue weighted by Gasteiger charge is 2.12. The summed E-state index contributed by atoms with van der Waals surface area (Å²) in [5.41, 5.74) is 1.23. The molecule has 0 aliphatic rings. The van der Waals surface area contributed by atoms with E-state index in [1.165, 1.54) is 6.08 Å². The molecular formula is C17H14O3. The summed E-state index contributed by atoms with van der Waals surface area (Å²) < 4.78 is 5.00. The van der Waals surface area contributed by atoms with Gasteiger partial charge < -0.3 is 4.74 Å². The number of carbonyl (C=O) groups excluding carboxylic acids is 2. The van der Waals surface area contributed by atoms with Gasteiger partial charge in [-0.1, -0.05) is 36.4 Å². The Bertz CT molecular complexity index is 625. The fourth-order valence-corrected chi connectivity index (χ4v) is 1.70. The summed E-state index contributed by atoms with van der Waals surface area (Å²) in [4.78, 5) is 23.7. The van der Waals surface area contributed by atoms with Gasteiger partial charge in [-0.25, -0.2) is 0 Å². The predicted molar refractivity (Wildman–Crippen MR) is 77.8 cm³/mol. The summed E-state index contributed by atoms with van der Waals surface area (Å²) in [6.07, 6.45) is 2.92. The summed E-state index contributed by atoms with van der Waals surface area (Å²) in [6.45, 7) is 0. The quantitative estimate of drug-likeness (QED) is 0.474. The molecule has 0 unspecified atom stereocenters. The topological polar surface area (TPSA) is 43.4 Å². The molecule has 0 bridgehead atoms. The lowest BCUT2D eigenvalue weighted by Gasteiger charge is -2.00. The molecule has 0 radical (unpaired) electrons. The fraction of sp³-hybridized carbons (Fsp3) is 0.0588. The largest absolute Gasteiger partial charge is 0.497 e. The fourth-order valence-electron chi connectivity index (χ4n) is 1.70. The van der Waals surface area contributed by atoms with Gasteiger partial charge in [-0.05, 0) is 35.9 Å². The highest BCUT2D eigenvalue weighted by atomic mass is 16.5. The monoisotopic (exact) mass is 266 g/mol. The van der Waals surface area contributed by atoms with Crippen molar-refractivity contribution in [2.45, 2.75) is 0 Å². The van der Waals surface area contributed by atoms with Gasteiger partial charge in [0.15, 0.2) is 0 Å². The van der Waals surface area contributed by atoms with Crippen LogP contribution in [0.3, 0.4) is 0 Å². The molecular weight excluding hydrogens is 252 g/mol. The molecule has 0 aliphatic carbocycles. The number of rotatable bonds is 5. The van der Waals surface area contributed by atoms with Crippen molar-refractivity contribution < 1.29 is 14.3 Å². The molecule has 0 saturated carbocycles. The first-order valence-electron chi connectivity index (χ1n) is 6.16. The Morgan fingerprint density at radius 1 is 0.950 bits per heavy atom. The normalized spacial score (nSPS) is 10.4. The molecule has 2 rings (SSSR count). The highest BCUT2D eigenvalue weighted by molar-refractivity contribution is 6.48. The standard InChI is InChI=1S/C17H14O3/c1-20-15-10-8-14(9-11-15)17(19)16(18)12-7-13-5-3-2-4-6-13/h2-12H,1H3/b12-7-. The van der Waals surface area contributed by atoms with Crippen LogP contribution in [0.15, 0.2) is 60.7 Å². The number of carbonyl (C=O) groups is 2. The minimum absolute atomic E-state index is 0.355. The van der Waals surface area contributed by atoms with E-state index in [0.29, 0.717) is 11.3 Å². The number of hydrogen-bond acceptors (Lipinski definition) is 3. The molecule has 0 aromatic heterocycles. The molecule has 0 spiro atoms. The Morgan fingerprint density at radius 3 is 2.20 bits per heavy atom. The summed E-state index contributed by atoms with van der Waals surface area (Å²) in [5, 5.41) is 0. The van der Waals surface area contributed by atoms with Crippen molar-refractivity contribution in [2.24, 2.45) is 0 Å². The maximum Gasteiger partial charge on any atom is 0.232 e. The predicted octanol–water partition coefficient (Wildman–Crippen LogP) is 3.16. The summed E-state index contributed by atoms with van der Waals surface area (Å²) >= 11 is 0. The van der Waals surface area contributed by atoms with Gasteiger partial charge in [-0.15, -0.1) is 0 Å². The van der Waals surface area contributed by atoms with Gasteiger partial charge in [-0.3, -0.25) is 9.59 Å². The van der Waals surface area contributed by atoms with Gasteiger partial charge in [0.2, 0.25) is 11.6 Å². The first kappa shape index (κ1) is 13.7. The van der Waals surface area contributed by atoms with Crippen LogP contribution in [0, 0.1) is 0 Å². The van der Waals surface area contributed by atoms with E-state index in [1.807, 2.05) is 30.3 Å². The number of allylic oxidation sites excluding steroid dienone is 1. The Balaban J connectivity index is 2.08. The number of benzene rings is 2. The molecule has 0 saturated heterocycles. The van der Waals surface area contributed by atoms with Crippen LogP contribution in [0.5, 0.6) is 5.75 Å². The second kappa shape index (κ2) is 6.48. The van der Waals surface area contributed by atoms with Crippen LogP contribution in [-0.4, -0.2) is 18.7 Å². The number of Topliss-reactive ketones (excluding diaryl/α,β-unsaturated/α-hetero) is 1. The van der Waals surface area contributed by atoms with E-state index in [-0.39, 0.29) is 0 Å². The molecule has 0 atom stereocenters. The summed E-state index contributed by atoms with van der Waals surface area (Å²) in [5.74, 6) is -0.423. The molecule has 0 heterocycles. The molecule has 2 aromatic carbocycles. The van der Waals surface area contributed by atoms with Gasteiger partial charge in [0, 0.05) is 5.56 Å². The van der Waals surface area contributed by atoms with E-state index in [9.17, 15) is 9.59 Å². The molecule has 20 heavy (non-hydrogen) atoms. The molecule has 3 nitrogen and oxygen atoms in total. The molecule has 100 valence electrons. The molecule has 0 aliphatic heterocycles. The van der Waals surface area contributed by atoms with E-state index in [4.69, 9.17) is 4.74 Å². The van der Waals surface area contributed by atoms with Crippen LogP contribution in [0.4, 0.5) is 0 Å².